The maximum absolute atomic E-state index is 5.99. The fraction of sp³-hybridized carbons (Fsp3) is 0.346. The van der Waals surface area contributed by atoms with Crippen LogP contribution in [0.4, 0.5) is 0 Å². The largest absolute Gasteiger partial charge is 0.402 e. The van der Waals surface area contributed by atoms with Gasteiger partial charge in [0.15, 0.2) is 0 Å². The molecule has 2 atom stereocenters. The van der Waals surface area contributed by atoms with Crippen molar-refractivity contribution in [3.05, 3.63) is 89.3 Å². The molecule has 2 heteroatoms. The molecule has 0 saturated heterocycles. The van der Waals surface area contributed by atoms with Crippen molar-refractivity contribution in [1.82, 2.24) is 4.98 Å². The highest BCUT2D eigenvalue weighted by atomic mass is 14.7. The molecular formula is C26H30N2. The van der Waals surface area contributed by atoms with E-state index in [0.29, 0.717) is 11.8 Å². The highest BCUT2D eigenvalue weighted by Crippen LogP contribution is 2.61. The second-order valence-corrected chi connectivity index (χ2v) is 8.94. The lowest BCUT2D eigenvalue weighted by molar-refractivity contribution is 0.546. The number of hydrogen-bond acceptors (Lipinski definition) is 2. The van der Waals surface area contributed by atoms with E-state index < -0.39 is 0 Å². The van der Waals surface area contributed by atoms with Gasteiger partial charge in [-0.3, -0.25) is 4.98 Å². The summed E-state index contributed by atoms with van der Waals surface area (Å²) in [4.78, 5) is 4.65. The molecule has 1 fully saturated rings. The van der Waals surface area contributed by atoms with Gasteiger partial charge in [0.25, 0.3) is 0 Å². The Labute approximate surface area is 168 Å². The van der Waals surface area contributed by atoms with Crippen LogP contribution < -0.4 is 5.73 Å². The van der Waals surface area contributed by atoms with Gasteiger partial charge in [0, 0.05) is 22.7 Å². The lowest BCUT2D eigenvalue weighted by Crippen LogP contribution is -2.01. The van der Waals surface area contributed by atoms with Gasteiger partial charge in [-0.1, -0.05) is 62.9 Å². The maximum atomic E-state index is 5.99. The molecule has 0 amide bonds. The Morgan fingerprint density at radius 3 is 2.39 bits per heavy atom. The predicted octanol–water partition coefficient (Wildman–Crippen LogP) is 5.62. The number of para-hydroxylation sites is 1. The fourth-order valence-electron chi connectivity index (χ4n) is 4.84. The van der Waals surface area contributed by atoms with Crippen LogP contribution in [0.15, 0.2) is 66.9 Å². The Balaban J connectivity index is 1.43. The number of rotatable bonds is 6. The quantitative estimate of drug-likeness (QED) is 0.612. The Kier molecular flexibility index (Phi) is 4.74. The maximum Gasteiger partial charge on any atom is 0.0707 e. The van der Waals surface area contributed by atoms with Crippen LogP contribution in [-0.4, -0.2) is 4.98 Å². The number of benzene rings is 2. The van der Waals surface area contributed by atoms with Gasteiger partial charge in [-0.05, 0) is 66.3 Å². The van der Waals surface area contributed by atoms with Crippen LogP contribution in [0.5, 0.6) is 0 Å². The summed E-state index contributed by atoms with van der Waals surface area (Å²) in [5, 5.41) is 1.27. The second-order valence-electron chi connectivity index (χ2n) is 8.94. The number of allylic oxidation sites excluding steroid dienone is 1. The molecule has 0 radical (unpaired) electrons. The molecular weight excluding hydrogens is 340 g/mol. The smallest absolute Gasteiger partial charge is 0.0707 e. The summed E-state index contributed by atoms with van der Waals surface area (Å²) in [5.74, 6) is 1.07. The molecule has 2 aromatic carbocycles. The minimum Gasteiger partial charge on any atom is -0.402 e. The van der Waals surface area contributed by atoms with Crippen LogP contribution in [0.25, 0.3) is 10.9 Å². The van der Waals surface area contributed by atoms with E-state index in [-0.39, 0.29) is 5.41 Å². The molecule has 0 aliphatic heterocycles. The minimum atomic E-state index is 0.283. The van der Waals surface area contributed by atoms with Gasteiger partial charge >= 0.3 is 0 Å². The third kappa shape index (κ3) is 3.56. The van der Waals surface area contributed by atoms with Gasteiger partial charge in [0.2, 0.25) is 0 Å². The van der Waals surface area contributed by atoms with Crippen LogP contribution in [0.2, 0.25) is 0 Å². The average Bonchev–Trinajstić information content (AvgIpc) is 3.21. The Hall–Kier alpha value is -2.61. The Morgan fingerprint density at radius 1 is 1.04 bits per heavy atom. The number of nitrogens with zero attached hydrogens (tertiary/aromatic N) is 1. The van der Waals surface area contributed by atoms with Crippen LogP contribution in [0.1, 0.15) is 36.2 Å². The number of aryl methyl sites for hydroxylation is 3. The van der Waals surface area contributed by atoms with Gasteiger partial charge in [0.1, 0.15) is 0 Å². The zero-order valence-electron chi connectivity index (χ0n) is 17.2. The predicted molar refractivity (Wildman–Crippen MR) is 118 cm³/mol. The van der Waals surface area contributed by atoms with E-state index >= 15 is 0 Å². The Morgan fingerprint density at radius 2 is 1.71 bits per heavy atom. The lowest BCUT2D eigenvalue weighted by Gasteiger charge is -2.09. The topological polar surface area (TPSA) is 38.9 Å². The molecule has 1 aromatic heterocycles. The second kappa shape index (κ2) is 7.09. The summed E-state index contributed by atoms with van der Waals surface area (Å²) in [6, 6.07) is 19.8. The number of fused-ring (bicyclic) bond motifs is 1. The van der Waals surface area contributed by atoms with E-state index in [4.69, 9.17) is 5.73 Å². The van der Waals surface area contributed by atoms with Crippen LogP contribution in [0, 0.1) is 24.2 Å². The molecule has 2 unspecified atom stereocenters. The standard InChI is InChI=1S/C26H30N2/c1-17-15-21(22-7-5-6-8-24(22)28-17)14-13-19-9-11-20(12-10-19)16-23-25(18(2)27)26(23,3)4/h5-12,15,23,25H,2,13-14,16,27H2,1,3-4H3. The number of nitrogens with two attached hydrogens (primary N) is 1. The molecule has 4 rings (SSSR count). The van der Waals surface area contributed by atoms with Crippen LogP contribution in [-0.2, 0) is 19.3 Å². The fourth-order valence-corrected chi connectivity index (χ4v) is 4.84. The summed E-state index contributed by atoms with van der Waals surface area (Å²) < 4.78 is 0. The molecule has 1 heterocycles. The highest BCUT2D eigenvalue weighted by Gasteiger charge is 2.57. The van der Waals surface area contributed by atoms with Gasteiger partial charge in [-0.2, -0.15) is 0 Å². The summed E-state index contributed by atoms with van der Waals surface area (Å²) in [7, 11) is 0. The molecule has 1 aliphatic carbocycles. The first-order chi connectivity index (χ1) is 13.4. The molecule has 144 valence electrons. The third-order valence-electron chi connectivity index (χ3n) is 6.54. The molecule has 3 aromatic rings. The van der Waals surface area contributed by atoms with Crippen molar-refractivity contribution in [3.63, 3.8) is 0 Å². The van der Waals surface area contributed by atoms with Crippen LogP contribution in [0.3, 0.4) is 0 Å². The van der Waals surface area contributed by atoms with Crippen molar-refractivity contribution in [1.29, 1.82) is 0 Å². The molecule has 2 N–H and O–H groups in total. The van der Waals surface area contributed by atoms with Crippen LogP contribution >= 0.6 is 0 Å². The molecule has 1 saturated carbocycles. The van der Waals surface area contributed by atoms with Crippen molar-refractivity contribution >= 4 is 10.9 Å². The summed E-state index contributed by atoms with van der Waals surface area (Å²) in [6.07, 6.45) is 3.17. The normalized spacial score (nSPS) is 20.2. The highest BCUT2D eigenvalue weighted by molar-refractivity contribution is 5.82. The summed E-state index contributed by atoms with van der Waals surface area (Å²) in [5.41, 5.74) is 13.5. The van der Waals surface area contributed by atoms with Gasteiger partial charge < -0.3 is 5.73 Å². The van der Waals surface area contributed by atoms with E-state index in [2.05, 4.69) is 86.9 Å². The van der Waals surface area contributed by atoms with E-state index in [9.17, 15) is 0 Å². The van der Waals surface area contributed by atoms with Gasteiger partial charge in [0.05, 0.1) is 5.52 Å². The molecule has 2 nitrogen and oxygen atoms in total. The summed E-state index contributed by atoms with van der Waals surface area (Å²) in [6.45, 7) is 10.7. The summed E-state index contributed by atoms with van der Waals surface area (Å²) >= 11 is 0. The SMILES string of the molecule is C=C(N)C1C(Cc2ccc(CCc3cc(C)nc4ccccc34)cc2)C1(C)C. The first kappa shape index (κ1) is 18.7. The third-order valence-corrected chi connectivity index (χ3v) is 6.54. The van der Waals surface area contributed by atoms with Crippen molar-refractivity contribution < 1.29 is 0 Å². The molecule has 0 spiro atoms. The zero-order valence-corrected chi connectivity index (χ0v) is 17.2. The monoisotopic (exact) mass is 370 g/mol. The first-order valence-electron chi connectivity index (χ1n) is 10.2. The van der Waals surface area contributed by atoms with Gasteiger partial charge in [-0.15, -0.1) is 0 Å². The van der Waals surface area contributed by atoms with Crippen molar-refractivity contribution in [2.24, 2.45) is 23.0 Å². The van der Waals surface area contributed by atoms with Crippen molar-refractivity contribution in [2.75, 3.05) is 0 Å². The van der Waals surface area contributed by atoms with E-state index in [1.54, 1.807) is 0 Å². The molecule has 0 bridgehead atoms. The van der Waals surface area contributed by atoms with E-state index in [1.165, 1.54) is 22.1 Å². The molecule has 1 aliphatic rings. The van der Waals surface area contributed by atoms with Gasteiger partial charge in [-0.25, -0.2) is 0 Å². The van der Waals surface area contributed by atoms with Crippen molar-refractivity contribution in [2.45, 2.75) is 40.0 Å². The lowest BCUT2D eigenvalue weighted by atomic mass is 9.98. The van der Waals surface area contributed by atoms with E-state index in [0.717, 1.165) is 36.2 Å². The van der Waals surface area contributed by atoms with E-state index in [1.807, 2.05) is 0 Å². The van der Waals surface area contributed by atoms with Crippen molar-refractivity contribution in [3.8, 4) is 0 Å². The minimum absolute atomic E-state index is 0.283. The molecule has 28 heavy (non-hydrogen) atoms. The first-order valence-corrected chi connectivity index (χ1v) is 10.2. The number of hydrogen-bond donors (Lipinski definition) is 1. The Bertz CT molecular complexity index is 1010. The number of aromatic nitrogens is 1. The number of pyridine rings is 1. The average molecular weight is 371 g/mol. The zero-order chi connectivity index (χ0) is 19.9.